The molecule has 0 aromatic carbocycles. The molecule has 4 aliphatic carbocycles. The number of aliphatic hydroxyl groups is 1. The van der Waals surface area contributed by atoms with Crippen LogP contribution < -0.4 is 0 Å². The van der Waals surface area contributed by atoms with E-state index >= 15 is 0 Å². The van der Waals surface area contributed by atoms with Gasteiger partial charge in [0.05, 0.1) is 6.10 Å². The lowest BCUT2D eigenvalue weighted by Crippen LogP contribution is -2.55. The minimum absolute atomic E-state index is 0.00508. The molecule has 0 aromatic heterocycles. The van der Waals surface area contributed by atoms with E-state index in [9.17, 15) is 14.3 Å². The number of Topliss-reactive ketones (excluding diaryl/α,β-unsaturated/α-hetero) is 1. The number of aliphatic hydroxyl groups excluding tert-OH is 1. The van der Waals surface area contributed by atoms with E-state index in [1.54, 1.807) is 0 Å². The number of halogens is 1. The second-order valence-corrected chi connectivity index (χ2v) is 9.14. The van der Waals surface area contributed by atoms with E-state index in [1.165, 1.54) is 6.42 Å². The Kier molecular flexibility index (Phi) is 3.28. The predicted molar refractivity (Wildman–Crippen MR) is 83.0 cm³/mol. The highest BCUT2D eigenvalue weighted by atomic mass is 19.1. The van der Waals surface area contributed by atoms with Crippen LogP contribution in [0.1, 0.15) is 65.2 Å². The maximum Gasteiger partial charge on any atom is 0.167 e. The molecule has 3 heteroatoms. The molecule has 124 valence electrons. The van der Waals surface area contributed by atoms with Crippen molar-refractivity contribution < 1.29 is 14.3 Å². The van der Waals surface area contributed by atoms with Gasteiger partial charge < -0.3 is 5.11 Å². The molecular weight excluding hydrogens is 279 g/mol. The first-order valence-electron chi connectivity index (χ1n) is 9.21. The molecule has 0 radical (unpaired) electrons. The van der Waals surface area contributed by atoms with Crippen LogP contribution in [0, 0.1) is 34.5 Å². The van der Waals surface area contributed by atoms with Crippen molar-refractivity contribution in [2.75, 3.05) is 0 Å². The Bertz CT molecular complexity index is 492. The van der Waals surface area contributed by atoms with Crippen molar-refractivity contribution in [1.82, 2.24) is 0 Å². The molecule has 0 aliphatic heterocycles. The lowest BCUT2D eigenvalue weighted by Gasteiger charge is -2.60. The highest BCUT2D eigenvalue weighted by molar-refractivity contribution is 5.84. The lowest BCUT2D eigenvalue weighted by molar-refractivity contribution is -0.151. The van der Waals surface area contributed by atoms with Crippen LogP contribution in [0.15, 0.2) is 0 Å². The number of carbonyl (C=O) groups excluding carboxylic acids is 1. The number of carbonyl (C=O) groups is 1. The zero-order valence-electron chi connectivity index (χ0n) is 13.9. The number of alkyl halides is 1. The molecule has 4 fully saturated rings. The summed E-state index contributed by atoms with van der Waals surface area (Å²) in [5.74, 6) is 2.04. The minimum Gasteiger partial charge on any atom is -0.393 e. The van der Waals surface area contributed by atoms with Gasteiger partial charge >= 0.3 is 0 Å². The first kappa shape index (κ1) is 15.1. The summed E-state index contributed by atoms with van der Waals surface area (Å²) in [5.41, 5.74) is 0.0923. The first-order valence-corrected chi connectivity index (χ1v) is 9.21. The van der Waals surface area contributed by atoms with Gasteiger partial charge in [-0.2, -0.15) is 0 Å². The van der Waals surface area contributed by atoms with Gasteiger partial charge in [-0.1, -0.05) is 13.8 Å². The molecule has 4 aliphatic rings. The van der Waals surface area contributed by atoms with Crippen LogP contribution in [0.2, 0.25) is 0 Å². The van der Waals surface area contributed by atoms with Crippen molar-refractivity contribution in [3.8, 4) is 0 Å². The van der Waals surface area contributed by atoms with Crippen molar-refractivity contribution in [2.24, 2.45) is 34.5 Å². The Balaban J connectivity index is 1.65. The van der Waals surface area contributed by atoms with Crippen molar-refractivity contribution in [2.45, 2.75) is 77.5 Å². The van der Waals surface area contributed by atoms with Gasteiger partial charge in [0.25, 0.3) is 0 Å². The molecule has 4 rings (SSSR count). The lowest BCUT2D eigenvalue weighted by atomic mass is 9.45. The molecule has 8 atom stereocenters. The minimum atomic E-state index is -1.23. The molecule has 22 heavy (non-hydrogen) atoms. The molecule has 0 spiro atoms. The Morgan fingerprint density at radius 1 is 1.05 bits per heavy atom. The van der Waals surface area contributed by atoms with E-state index in [1.807, 2.05) is 0 Å². The summed E-state index contributed by atoms with van der Waals surface area (Å²) in [7, 11) is 0. The van der Waals surface area contributed by atoms with Crippen LogP contribution in [0.5, 0.6) is 0 Å². The third-order valence-corrected chi connectivity index (χ3v) is 8.43. The summed E-state index contributed by atoms with van der Waals surface area (Å²) in [6.45, 7) is 4.55. The summed E-state index contributed by atoms with van der Waals surface area (Å²) >= 11 is 0. The summed E-state index contributed by atoms with van der Waals surface area (Å²) in [5, 5.41) is 10.4. The van der Waals surface area contributed by atoms with Crippen molar-refractivity contribution >= 4 is 5.78 Å². The normalized spacial score (nSPS) is 57.9. The zero-order valence-corrected chi connectivity index (χ0v) is 13.9. The van der Waals surface area contributed by atoms with E-state index in [-0.39, 0.29) is 22.7 Å². The third kappa shape index (κ3) is 1.84. The smallest absolute Gasteiger partial charge is 0.167 e. The molecule has 0 bridgehead atoms. The summed E-state index contributed by atoms with van der Waals surface area (Å²) < 4.78 is 14.2. The van der Waals surface area contributed by atoms with Crippen LogP contribution >= 0.6 is 0 Å². The molecule has 0 heterocycles. The van der Waals surface area contributed by atoms with Gasteiger partial charge in [0.2, 0.25) is 0 Å². The molecule has 2 nitrogen and oxygen atoms in total. The summed E-state index contributed by atoms with van der Waals surface area (Å²) in [6, 6.07) is 0. The van der Waals surface area contributed by atoms with E-state index in [2.05, 4.69) is 13.8 Å². The second-order valence-electron chi connectivity index (χ2n) is 9.14. The van der Waals surface area contributed by atoms with Crippen molar-refractivity contribution in [3.63, 3.8) is 0 Å². The molecular formula is C19H29FO2. The van der Waals surface area contributed by atoms with E-state index in [4.69, 9.17) is 0 Å². The molecule has 1 N–H and O–H groups in total. The van der Waals surface area contributed by atoms with Gasteiger partial charge in [-0.15, -0.1) is 0 Å². The van der Waals surface area contributed by atoms with Gasteiger partial charge in [-0.05, 0) is 79.4 Å². The number of hydrogen-bond donors (Lipinski definition) is 1. The largest absolute Gasteiger partial charge is 0.393 e. The second kappa shape index (κ2) is 4.78. The average Bonchev–Trinajstić information content (AvgIpc) is 2.77. The molecule has 0 aromatic rings. The number of rotatable bonds is 0. The molecule has 0 amide bonds. The average molecular weight is 308 g/mol. The Morgan fingerprint density at radius 3 is 2.55 bits per heavy atom. The van der Waals surface area contributed by atoms with E-state index in [0.717, 1.165) is 32.1 Å². The van der Waals surface area contributed by atoms with Crippen molar-refractivity contribution in [1.29, 1.82) is 0 Å². The Hall–Kier alpha value is -0.440. The van der Waals surface area contributed by atoms with E-state index < -0.39 is 6.17 Å². The number of hydrogen-bond acceptors (Lipinski definition) is 2. The fraction of sp³-hybridized carbons (Fsp3) is 0.947. The highest BCUT2D eigenvalue weighted by Gasteiger charge is 2.61. The maximum atomic E-state index is 14.2. The van der Waals surface area contributed by atoms with Gasteiger partial charge in [0, 0.05) is 6.42 Å². The SMILES string of the molecule is C[C@]12C[C@H](F)C(=O)C[C@@H]1CC[C@@H]1[C@@H]2CC[C@]2(C)[C@H](O)CC[C@@H]12. The molecule has 0 unspecified atom stereocenters. The molecule has 4 saturated carbocycles. The Labute approximate surface area is 132 Å². The van der Waals surface area contributed by atoms with Gasteiger partial charge in [-0.25, -0.2) is 4.39 Å². The van der Waals surface area contributed by atoms with Gasteiger partial charge in [0.15, 0.2) is 12.0 Å². The van der Waals surface area contributed by atoms with Crippen LogP contribution in [-0.2, 0) is 4.79 Å². The number of fused-ring (bicyclic) bond motifs is 5. The maximum absolute atomic E-state index is 14.2. The highest BCUT2D eigenvalue weighted by Crippen LogP contribution is 2.66. The summed E-state index contributed by atoms with van der Waals surface area (Å²) in [6.07, 6.45) is 6.06. The van der Waals surface area contributed by atoms with E-state index in [0.29, 0.717) is 36.5 Å². The third-order valence-electron chi connectivity index (χ3n) is 8.43. The quantitative estimate of drug-likeness (QED) is 0.737. The molecule has 0 saturated heterocycles. The zero-order chi connectivity index (χ0) is 15.7. The first-order chi connectivity index (χ1) is 10.4. The fourth-order valence-corrected chi connectivity index (χ4v) is 7.03. The van der Waals surface area contributed by atoms with Crippen molar-refractivity contribution in [3.05, 3.63) is 0 Å². The Morgan fingerprint density at radius 2 is 1.77 bits per heavy atom. The van der Waals surface area contributed by atoms with Gasteiger partial charge in [-0.3, -0.25) is 4.79 Å². The van der Waals surface area contributed by atoms with Crippen LogP contribution in [0.25, 0.3) is 0 Å². The predicted octanol–water partition coefficient (Wildman–Crippen LogP) is 3.91. The van der Waals surface area contributed by atoms with Crippen LogP contribution in [0.3, 0.4) is 0 Å². The van der Waals surface area contributed by atoms with Crippen LogP contribution in [-0.4, -0.2) is 23.2 Å². The fourth-order valence-electron chi connectivity index (χ4n) is 7.03. The van der Waals surface area contributed by atoms with Gasteiger partial charge in [0.1, 0.15) is 0 Å². The standard InChI is InChI=1S/C19H29FO2/c1-18-8-7-14-12(13(18)5-6-17(18)22)4-3-11-9-16(21)15(20)10-19(11,14)2/h11-15,17,22H,3-10H2,1-2H3/t11-,12-,13-,14-,15-,17+,18-,19-/m0/s1. The number of ketones is 1. The topological polar surface area (TPSA) is 37.3 Å². The summed E-state index contributed by atoms with van der Waals surface area (Å²) in [4.78, 5) is 11.8. The monoisotopic (exact) mass is 308 g/mol. The van der Waals surface area contributed by atoms with Crippen LogP contribution in [0.4, 0.5) is 4.39 Å².